The van der Waals surface area contributed by atoms with Crippen molar-refractivity contribution in [2.45, 2.75) is 26.4 Å². The summed E-state index contributed by atoms with van der Waals surface area (Å²) in [4.78, 5) is 38.1. The number of piperazine rings is 1. The molecule has 1 fully saturated rings. The Bertz CT molecular complexity index is 1090. The van der Waals surface area contributed by atoms with Gasteiger partial charge < -0.3 is 16.0 Å². The number of benzene rings is 1. The summed E-state index contributed by atoms with van der Waals surface area (Å²) in [6.07, 6.45) is 0. The maximum Gasteiger partial charge on any atom is 0.254 e. The predicted molar refractivity (Wildman–Crippen MR) is 126 cm³/mol. The summed E-state index contributed by atoms with van der Waals surface area (Å²) in [5.74, 6) is 1.00. The van der Waals surface area contributed by atoms with Crippen molar-refractivity contribution in [1.29, 1.82) is 0 Å². The quantitative estimate of drug-likeness (QED) is 0.571. The predicted octanol–water partition coefficient (Wildman–Crippen LogP) is 2.57. The molecule has 0 aliphatic carbocycles. The number of primary amides is 1. The van der Waals surface area contributed by atoms with Gasteiger partial charge in [0.25, 0.3) is 5.91 Å². The number of anilines is 1. The Morgan fingerprint density at radius 1 is 1.12 bits per heavy atom. The molecule has 0 radical (unpaired) electrons. The van der Waals surface area contributed by atoms with E-state index in [1.54, 1.807) is 0 Å². The molecule has 9 heteroatoms. The Hall–Kier alpha value is -3.04. The molecule has 1 aliphatic heterocycles. The zero-order chi connectivity index (χ0) is 22.7. The molecule has 0 bridgehead atoms. The Morgan fingerprint density at radius 3 is 2.53 bits per heavy atom. The molecule has 1 aliphatic rings. The van der Waals surface area contributed by atoms with Crippen molar-refractivity contribution in [2.24, 2.45) is 11.7 Å². The number of carbonyl (C=O) groups excluding carboxylic acids is 2. The second-order valence-corrected chi connectivity index (χ2v) is 9.13. The number of nitrogens with one attached hydrogen (secondary N) is 1. The van der Waals surface area contributed by atoms with E-state index in [9.17, 15) is 9.59 Å². The van der Waals surface area contributed by atoms with Crippen LogP contribution in [0.2, 0.25) is 0 Å². The summed E-state index contributed by atoms with van der Waals surface area (Å²) >= 11 is 1.53. The number of fused-ring (bicyclic) bond motifs is 1. The minimum Gasteiger partial charge on any atom is -0.368 e. The van der Waals surface area contributed by atoms with Crippen molar-refractivity contribution in [2.75, 3.05) is 31.5 Å². The van der Waals surface area contributed by atoms with Gasteiger partial charge in [-0.3, -0.25) is 14.5 Å². The maximum atomic E-state index is 12.6. The van der Waals surface area contributed by atoms with Crippen LogP contribution in [0.25, 0.3) is 10.9 Å². The van der Waals surface area contributed by atoms with Crippen LogP contribution in [0.3, 0.4) is 0 Å². The van der Waals surface area contributed by atoms with Crippen molar-refractivity contribution in [1.82, 2.24) is 19.8 Å². The van der Waals surface area contributed by atoms with E-state index in [1.807, 2.05) is 59.8 Å². The fourth-order valence-electron chi connectivity index (χ4n) is 3.90. The Morgan fingerprint density at radius 2 is 1.88 bits per heavy atom. The topological polar surface area (TPSA) is 104 Å². The molecular formula is C23H28N6O2S. The summed E-state index contributed by atoms with van der Waals surface area (Å²) in [5, 5.41) is 7.91. The van der Waals surface area contributed by atoms with Crippen LogP contribution in [0.15, 0.2) is 41.1 Å². The molecular weight excluding hydrogens is 424 g/mol. The van der Waals surface area contributed by atoms with Gasteiger partial charge in [0.15, 0.2) is 0 Å². The minimum atomic E-state index is -0.521. The van der Waals surface area contributed by atoms with Crippen LogP contribution in [0.1, 0.15) is 30.0 Å². The van der Waals surface area contributed by atoms with Crippen molar-refractivity contribution in [3.05, 3.63) is 52.5 Å². The first-order valence-corrected chi connectivity index (χ1v) is 11.7. The lowest BCUT2D eigenvalue weighted by Crippen LogP contribution is -2.48. The molecule has 0 spiro atoms. The molecule has 1 aromatic carbocycles. The van der Waals surface area contributed by atoms with Gasteiger partial charge in [0.1, 0.15) is 17.7 Å². The van der Waals surface area contributed by atoms with E-state index in [2.05, 4.69) is 10.2 Å². The van der Waals surface area contributed by atoms with E-state index >= 15 is 0 Å². The smallest absolute Gasteiger partial charge is 0.254 e. The van der Waals surface area contributed by atoms with Gasteiger partial charge in [0, 0.05) is 36.9 Å². The monoisotopic (exact) mass is 452 g/mol. The minimum absolute atomic E-state index is 0.0264. The van der Waals surface area contributed by atoms with Crippen LogP contribution in [-0.2, 0) is 11.3 Å². The Balaban J connectivity index is 1.49. The molecule has 1 atom stereocenters. The van der Waals surface area contributed by atoms with Crippen molar-refractivity contribution in [3.63, 3.8) is 0 Å². The van der Waals surface area contributed by atoms with Gasteiger partial charge in [0.2, 0.25) is 5.91 Å². The number of hydrogen-bond acceptors (Lipinski definition) is 7. The summed E-state index contributed by atoms with van der Waals surface area (Å²) in [7, 11) is 0. The molecule has 32 heavy (non-hydrogen) atoms. The number of amides is 2. The molecule has 2 aromatic heterocycles. The number of hydrogen-bond donors (Lipinski definition) is 2. The fourth-order valence-corrected chi connectivity index (χ4v) is 4.53. The van der Waals surface area contributed by atoms with Crippen LogP contribution >= 0.6 is 11.3 Å². The number of thiophene rings is 1. The summed E-state index contributed by atoms with van der Waals surface area (Å²) < 4.78 is 0. The van der Waals surface area contributed by atoms with E-state index in [1.165, 1.54) is 11.3 Å². The van der Waals surface area contributed by atoms with E-state index in [0.29, 0.717) is 31.3 Å². The molecule has 8 nitrogen and oxygen atoms in total. The molecule has 0 unspecified atom stereocenters. The normalized spacial score (nSPS) is 15.8. The van der Waals surface area contributed by atoms with Gasteiger partial charge in [0.05, 0.1) is 17.6 Å². The van der Waals surface area contributed by atoms with Crippen molar-refractivity contribution >= 4 is 39.9 Å². The fraction of sp³-hybridized carbons (Fsp3) is 0.391. The Kier molecular flexibility index (Phi) is 6.66. The first-order valence-electron chi connectivity index (χ1n) is 10.8. The van der Waals surface area contributed by atoms with Gasteiger partial charge in [-0.2, -0.15) is 11.3 Å². The lowest BCUT2D eigenvalue weighted by Gasteiger charge is -2.34. The van der Waals surface area contributed by atoms with Gasteiger partial charge >= 0.3 is 0 Å². The Labute approximate surface area is 191 Å². The average molecular weight is 453 g/mol. The van der Waals surface area contributed by atoms with Crippen LogP contribution in [-0.4, -0.2) is 63.8 Å². The number of rotatable bonds is 7. The van der Waals surface area contributed by atoms with Gasteiger partial charge in [-0.05, 0) is 29.5 Å². The summed E-state index contributed by atoms with van der Waals surface area (Å²) in [6, 6.07) is 9.09. The third-order valence-corrected chi connectivity index (χ3v) is 6.39. The zero-order valence-corrected chi connectivity index (χ0v) is 19.1. The highest BCUT2D eigenvalue weighted by atomic mass is 32.1. The van der Waals surface area contributed by atoms with E-state index in [-0.39, 0.29) is 11.8 Å². The maximum absolute atomic E-state index is 12.6. The van der Waals surface area contributed by atoms with Crippen molar-refractivity contribution in [3.8, 4) is 0 Å². The highest BCUT2D eigenvalue weighted by Gasteiger charge is 2.24. The van der Waals surface area contributed by atoms with Crippen LogP contribution in [0, 0.1) is 5.92 Å². The molecule has 168 valence electrons. The average Bonchev–Trinajstić information content (AvgIpc) is 3.32. The third-order valence-electron chi connectivity index (χ3n) is 5.71. The lowest BCUT2D eigenvalue weighted by atomic mass is 10.0. The highest BCUT2D eigenvalue weighted by Crippen LogP contribution is 2.23. The molecule has 3 heterocycles. The van der Waals surface area contributed by atoms with E-state index in [4.69, 9.17) is 15.7 Å². The first-order chi connectivity index (χ1) is 15.4. The molecule has 3 N–H and O–H groups in total. The van der Waals surface area contributed by atoms with Crippen LogP contribution < -0.4 is 11.1 Å². The van der Waals surface area contributed by atoms with Gasteiger partial charge in [-0.25, -0.2) is 9.97 Å². The number of nitrogens with zero attached hydrogens (tertiary/aromatic N) is 4. The summed E-state index contributed by atoms with van der Waals surface area (Å²) in [5.41, 5.74) is 7.18. The zero-order valence-electron chi connectivity index (χ0n) is 18.3. The third kappa shape index (κ3) is 4.89. The summed E-state index contributed by atoms with van der Waals surface area (Å²) in [6.45, 7) is 7.32. The van der Waals surface area contributed by atoms with Crippen molar-refractivity contribution < 1.29 is 9.59 Å². The largest absolute Gasteiger partial charge is 0.368 e. The van der Waals surface area contributed by atoms with Crippen LogP contribution in [0.4, 0.5) is 5.82 Å². The molecule has 3 aromatic rings. The van der Waals surface area contributed by atoms with E-state index < -0.39 is 11.9 Å². The van der Waals surface area contributed by atoms with E-state index in [0.717, 1.165) is 29.6 Å². The van der Waals surface area contributed by atoms with Gasteiger partial charge in [-0.15, -0.1) is 0 Å². The first kappa shape index (κ1) is 22.2. The highest BCUT2D eigenvalue weighted by molar-refractivity contribution is 7.08. The second kappa shape index (κ2) is 9.62. The molecule has 1 saturated heterocycles. The number of aromatic nitrogens is 2. The number of carbonyl (C=O) groups is 2. The van der Waals surface area contributed by atoms with Crippen LogP contribution in [0.5, 0.6) is 0 Å². The van der Waals surface area contributed by atoms with Gasteiger partial charge in [-0.1, -0.05) is 26.0 Å². The second-order valence-electron chi connectivity index (χ2n) is 8.35. The standard InChI is InChI=1S/C23H28N6O2S/c1-15(2)20(21(24)30)27-22-17-5-3-4-6-18(17)25-19(26-22)13-28-8-10-29(11-9-28)23(31)16-7-12-32-14-16/h3-7,12,14-15,20H,8-11,13H2,1-2H3,(H2,24,30)(H,25,26,27)/t20-/m0/s1. The molecule has 0 saturated carbocycles. The lowest BCUT2D eigenvalue weighted by molar-refractivity contribution is -0.119. The molecule has 4 rings (SSSR count). The number of para-hydroxylation sites is 1. The number of nitrogens with two attached hydrogens (primary N) is 1. The SMILES string of the molecule is CC(C)[C@H](Nc1nc(CN2CCN(C(=O)c3ccsc3)CC2)nc2ccccc12)C(N)=O. The molecule has 2 amide bonds.